The van der Waals surface area contributed by atoms with Gasteiger partial charge in [0.1, 0.15) is 23.6 Å². The first kappa shape index (κ1) is 11.0. The second-order valence-electron chi connectivity index (χ2n) is 4.52. The Labute approximate surface area is 105 Å². The summed E-state index contributed by atoms with van der Waals surface area (Å²) in [6.07, 6.45) is 1.77. The molecule has 0 aliphatic carbocycles. The highest BCUT2D eigenvalue weighted by molar-refractivity contribution is 6.42. The van der Waals surface area contributed by atoms with E-state index in [-0.39, 0.29) is 0 Å². The van der Waals surface area contributed by atoms with E-state index in [9.17, 15) is 4.79 Å². The fourth-order valence-corrected chi connectivity index (χ4v) is 2.43. The van der Waals surface area contributed by atoms with Gasteiger partial charge in [0.15, 0.2) is 0 Å². The highest BCUT2D eigenvalue weighted by Gasteiger charge is 2.42. The molecule has 1 atom stereocenters. The molecule has 0 spiro atoms. The number of carbonyl (C=O) groups is 1. The van der Waals surface area contributed by atoms with Crippen LogP contribution in [0.25, 0.3) is 0 Å². The van der Waals surface area contributed by atoms with Gasteiger partial charge in [-0.3, -0.25) is 4.99 Å². The molecule has 2 aliphatic heterocycles. The maximum atomic E-state index is 11.6. The zero-order valence-corrected chi connectivity index (χ0v) is 10.3. The molecular formula is C14H13NO3. The summed E-state index contributed by atoms with van der Waals surface area (Å²) in [4.78, 5) is 16.1. The van der Waals surface area contributed by atoms with Gasteiger partial charge >= 0.3 is 5.97 Å². The molecular weight excluding hydrogens is 230 g/mol. The van der Waals surface area contributed by atoms with Gasteiger partial charge in [0.25, 0.3) is 0 Å². The number of ether oxygens (including phenoxy) is 2. The Morgan fingerprint density at radius 3 is 3.00 bits per heavy atom. The minimum atomic E-state index is -0.502. The minimum Gasteiger partial charge on any atom is -0.489 e. The van der Waals surface area contributed by atoms with Gasteiger partial charge in [-0.25, -0.2) is 4.79 Å². The molecule has 2 heterocycles. The number of fused-ring (bicyclic) bond motifs is 3. The van der Waals surface area contributed by atoms with Crippen LogP contribution >= 0.6 is 0 Å². The van der Waals surface area contributed by atoms with Crippen molar-refractivity contribution in [3.05, 3.63) is 41.5 Å². The predicted octanol–water partition coefficient (Wildman–Crippen LogP) is 1.85. The topological polar surface area (TPSA) is 47.9 Å². The van der Waals surface area contributed by atoms with E-state index in [2.05, 4.69) is 4.99 Å². The number of carbonyl (C=O) groups excluding carboxylic acids is 1. The fourth-order valence-electron chi connectivity index (χ4n) is 2.43. The molecule has 1 aromatic carbocycles. The van der Waals surface area contributed by atoms with Crippen molar-refractivity contribution in [3.63, 3.8) is 0 Å². The Hall–Kier alpha value is -2.10. The number of hydrogen-bond donors (Lipinski definition) is 0. The molecule has 0 aromatic heterocycles. The standard InChI is InChI=1S/C14H13NO3/c1-14-9(7-11(15-14)13(16)17-2)8-18-12-6-4-3-5-10(12)14/h3-7H,8H2,1-2H3. The monoisotopic (exact) mass is 243 g/mol. The van der Waals surface area contributed by atoms with E-state index >= 15 is 0 Å². The summed E-state index contributed by atoms with van der Waals surface area (Å²) in [6.45, 7) is 2.45. The van der Waals surface area contributed by atoms with E-state index in [1.807, 2.05) is 31.2 Å². The number of hydrogen-bond acceptors (Lipinski definition) is 4. The van der Waals surface area contributed by atoms with E-state index in [0.29, 0.717) is 12.3 Å². The second kappa shape index (κ2) is 3.70. The van der Waals surface area contributed by atoms with Crippen molar-refractivity contribution in [2.75, 3.05) is 13.7 Å². The Morgan fingerprint density at radius 2 is 2.22 bits per heavy atom. The van der Waals surface area contributed by atoms with Crippen molar-refractivity contribution in [2.24, 2.45) is 4.99 Å². The first-order chi connectivity index (χ1) is 8.65. The van der Waals surface area contributed by atoms with Crippen LogP contribution in [0.5, 0.6) is 5.75 Å². The minimum absolute atomic E-state index is 0.357. The molecule has 4 heteroatoms. The third-order valence-electron chi connectivity index (χ3n) is 3.47. The maximum absolute atomic E-state index is 11.6. The van der Waals surface area contributed by atoms with Crippen LogP contribution in [0.1, 0.15) is 12.5 Å². The van der Waals surface area contributed by atoms with Crippen molar-refractivity contribution in [2.45, 2.75) is 12.5 Å². The SMILES string of the molecule is COC(=O)C1=NC2(C)C(=C1)COc1ccccc12. The zero-order chi connectivity index (χ0) is 12.8. The van der Waals surface area contributed by atoms with Gasteiger partial charge in [-0.2, -0.15) is 0 Å². The fraction of sp³-hybridized carbons (Fsp3) is 0.286. The van der Waals surface area contributed by atoms with E-state index < -0.39 is 11.5 Å². The molecule has 92 valence electrons. The molecule has 1 unspecified atom stereocenters. The lowest BCUT2D eigenvalue weighted by atomic mass is 9.84. The van der Waals surface area contributed by atoms with Gasteiger partial charge in [0.05, 0.1) is 7.11 Å². The van der Waals surface area contributed by atoms with Crippen molar-refractivity contribution in [1.82, 2.24) is 0 Å². The van der Waals surface area contributed by atoms with E-state index in [0.717, 1.165) is 16.9 Å². The van der Waals surface area contributed by atoms with Crippen molar-refractivity contribution < 1.29 is 14.3 Å². The second-order valence-corrected chi connectivity index (χ2v) is 4.52. The maximum Gasteiger partial charge on any atom is 0.356 e. The Balaban J connectivity index is 2.13. The van der Waals surface area contributed by atoms with Crippen molar-refractivity contribution in [1.29, 1.82) is 0 Å². The van der Waals surface area contributed by atoms with Gasteiger partial charge in [-0.1, -0.05) is 18.2 Å². The van der Waals surface area contributed by atoms with Crippen LogP contribution in [0.2, 0.25) is 0 Å². The zero-order valence-electron chi connectivity index (χ0n) is 10.3. The lowest BCUT2D eigenvalue weighted by Gasteiger charge is -2.32. The molecule has 18 heavy (non-hydrogen) atoms. The third-order valence-corrected chi connectivity index (χ3v) is 3.47. The summed E-state index contributed by atoms with van der Waals surface area (Å²) in [7, 11) is 1.36. The molecule has 0 N–H and O–H groups in total. The first-order valence-corrected chi connectivity index (χ1v) is 5.76. The summed E-state index contributed by atoms with van der Waals surface area (Å²) in [6, 6.07) is 7.77. The number of rotatable bonds is 1. The van der Waals surface area contributed by atoms with Crippen LogP contribution in [-0.4, -0.2) is 25.4 Å². The molecule has 0 radical (unpaired) electrons. The van der Waals surface area contributed by atoms with Crippen LogP contribution in [-0.2, 0) is 15.1 Å². The number of esters is 1. The summed E-state index contributed by atoms with van der Waals surface area (Å²) >= 11 is 0. The quantitative estimate of drug-likeness (QED) is 0.707. The largest absolute Gasteiger partial charge is 0.489 e. The molecule has 0 amide bonds. The van der Waals surface area contributed by atoms with Gasteiger partial charge in [0, 0.05) is 11.1 Å². The smallest absolute Gasteiger partial charge is 0.356 e. The Morgan fingerprint density at radius 1 is 1.44 bits per heavy atom. The van der Waals surface area contributed by atoms with Gasteiger partial charge in [-0.15, -0.1) is 0 Å². The number of methoxy groups -OCH3 is 1. The average molecular weight is 243 g/mol. The summed E-state index contributed by atoms with van der Waals surface area (Å²) in [5, 5.41) is 0. The predicted molar refractivity (Wildman–Crippen MR) is 66.8 cm³/mol. The van der Waals surface area contributed by atoms with E-state index in [1.54, 1.807) is 6.08 Å². The average Bonchev–Trinajstić information content (AvgIpc) is 2.76. The van der Waals surface area contributed by atoms with Gasteiger partial charge in [0.2, 0.25) is 0 Å². The number of nitrogens with zero attached hydrogens (tertiary/aromatic N) is 1. The molecule has 0 bridgehead atoms. The number of para-hydroxylation sites is 1. The summed E-state index contributed by atoms with van der Waals surface area (Å²) < 4.78 is 10.4. The van der Waals surface area contributed by atoms with Crippen LogP contribution in [0, 0.1) is 0 Å². The molecule has 1 aromatic rings. The normalized spacial score (nSPS) is 24.3. The molecule has 2 aliphatic rings. The van der Waals surface area contributed by atoms with Crippen molar-refractivity contribution in [3.8, 4) is 5.75 Å². The Kier molecular flexibility index (Phi) is 2.26. The lowest BCUT2D eigenvalue weighted by Crippen LogP contribution is -2.29. The Bertz CT molecular complexity index is 588. The summed E-state index contributed by atoms with van der Waals surface area (Å²) in [5.74, 6) is 0.419. The molecule has 0 saturated carbocycles. The molecule has 0 saturated heterocycles. The highest BCUT2D eigenvalue weighted by atomic mass is 16.5. The van der Waals surface area contributed by atoms with Gasteiger partial charge in [-0.05, 0) is 19.1 Å². The number of benzene rings is 1. The highest BCUT2D eigenvalue weighted by Crippen LogP contribution is 2.45. The lowest BCUT2D eigenvalue weighted by molar-refractivity contribution is -0.132. The van der Waals surface area contributed by atoms with E-state index in [1.165, 1.54) is 7.11 Å². The van der Waals surface area contributed by atoms with Crippen LogP contribution in [0.15, 0.2) is 40.9 Å². The van der Waals surface area contributed by atoms with Crippen LogP contribution in [0.4, 0.5) is 0 Å². The van der Waals surface area contributed by atoms with Crippen LogP contribution in [0.3, 0.4) is 0 Å². The number of aliphatic imine (C=N–C) groups is 1. The summed E-state index contributed by atoms with van der Waals surface area (Å²) in [5.41, 5.74) is 1.83. The molecule has 4 nitrogen and oxygen atoms in total. The first-order valence-electron chi connectivity index (χ1n) is 5.76. The van der Waals surface area contributed by atoms with E-state index in [4.69, 9.17) is 9.47 Å². The van der Waals surface area contributed by atoms with Crippen molar-refractivity contribution >= 4 is 11.7 Å². The van der Waals surface area contributed by atoms with Crippen LogP contribution < -0.4 is 4.74 Å². The third kappa shape index (κ3) is 1.38. The molecule has 3 rings (SSSR count). The molecule has 0 fully saturated rings. The van der Waals surface area contributed by atoms with Gasteiger partial charge < -0.3 is 9.47 Å².